The van der Waals surface area contributed by atoms with Crippen LogP contribution in [0.15, 0.2) is 53.3 Å². The van der Waals surface area contributed by atoms with Crippen LogP contribution in [-0.4, -0.2) is 20.6 Å². The number of aromatic nitrogens is 3. The third-order valence-electron chi connectivity index (χ3n) is 4.64. The van der Waals surface area contributed by atoms with E-state index in [4.69, 9.17) is 4.74 Å². The number of hydrogen-bond acceptors (Lipinski definition) is 6. The molecule has 0 aliphatic rings. The number of ether oxygens (including phenoxy) is 1. The summed E-state index contributed by atoms with van der Waals surface area (Å²) in [5, 5.41) is 4.35. The van der Waals surface area contributed by atoms with E-state index in [2.05, 4.69) is 43.0 Å². The normalized spacial score (nSPS) is 12.5. The molecule has 0 bridgehead atoms. The molecule has 4 aromatic rings. The second kappa shape index (κ2) is 7.50. The first-order valence-electron chi connectivity index (χ1n) is 9.52. The molecule has 0 spiro atoms. The van der Waals surface area contributed by atoms with Gasteiger partial charge < -0.3 is 4.74 Å². The van der Waals surface area contributed by atoms with Gasteiger partial charge in [0.1, 0.15) is 5.75 Å². The van der Waals surface area contributed by atoms with Crippen molar-refractivity contribution in [2.24, 2.45) is 0 Å². The van der Waals surface area contributed by atoms with Crippen LogP contribution in [0.25, 0.3) is 22.4 Å². The van der Waals surface area contributed by atoms with Crippen molar-refractivity contribution in [3.63, 3.8) is 0 Å². The number of fused-ring (bicyclic) bond motifs is 1. The Morgan fingerprint density at radius 3 is 2.43 bits per heavy atom. The molecule has 0 N–H and O–H groups in total. The maximum atomic E-state index is 12.8. The first-order chi connectivity index (χ1) is 14.2. The van der Waals surface area contributed by atoms with Crippen molar-refractivity contribution in [1.29, 1.82) is 0 Å². The van der Waals surface area contributed by atoms with Gasteiger partial charge in [-0.2, -0.15) is 9.50 Å². The summed E-state index contributed by atoms with van der Waals surface area (Å²) in [7, 11) is 0. The molecule has 7 heteroatoms. The van der Waals surface area contributed by atoms with Gasteiger partial charge in [-0.25, -0.2) is 0 Å². The highest BCUT2D eigenvalue weighted by Gasteiger charge is 2.16. The summed E-state index contributed by atoms with van der Waals surface area (Å²) in [4.78, 5) is 29.1. The number of rotatable bonds is 3. The molecule has 0 amide bonds. The molecule has 30 heavy (non-hydrogen) atoms. The summed E-state index contributed by atoms with van der Waals surface area (Å²) in [5.41, 5.74) is 2.60. The number of nitrogens with zero attached hydrogens (tertiary/aromatic N) is 3. The molecular weight excluding hydrogens is 398 g/mol. The number of esters is 1. The Morgan fingerprint density at radius 1 is 1.10 bits per heavy atom. The molecule has 0 saturated heterocycles. The molecule has 6 nitrogen and oxygen atoms in total. The molecule has 0 aliphatic heterocycles. The van der Waals surface area contributed by atoms with Crippen molar-refractivity contribution in [1.82, 2.24) is 14.6 Å². The minimum atomic E-state index is -0.428. The van der Waals surface area contributed by atoms with Gasteiger partial charge in [-0.3, -0.25) is 9.59 Å². The van der Waals surface area contributed by atoms with E-state index in [0.717, 1.165) is 5.56 Å². The van der Waals surface area contributed by atoms with Crippen molar-refractivity contribution >= 4 is 28.3 Å². The molecule has 0 fully saturated rings. The van der Waals surface area contributed by atoms with Gasteiger partial charge in [0.15, 0.2) is 5.82 Å². The van der Waals surface area contributed by atoms with Crippen LogP contribution < -0.4 is 14.8 Å². The molecule has 0 radical (unpaired) electrons. The first-order valence-corrected chi connectivity index (χ1v) is 10.3. The van der Waals surface area contributed by atoms with Crippen LogP contribution in [0.2, 0.25) is 0 Å². The lowest BCUT2D eigenvalue weighted by Crippen LogP contribution is -2.23. The van der Waals surface area contributed by atoms with Crippen molar-refractivity contribution in [2.75, 3.05) is 0 Å². The van der Waals surface area contributed by atoms with E-state index < -0.39 is 5.97 Å². The Hall–Kier alpha value is -3.32. The highest BCUT2D eigenvalue weighted by Crippen LogP contribution is 2.28. The fourth-order valence-electron chi connectivity index (χ4n) is 3.07. The number of carbonyl (C=O) groups is 1. The fourth-order valence-corrected chi connectivity index (χ4v) is 3.98. The average molecular weight is 420 g/mol. The zero-order chi connectivity index (χ0) is 21.5. The Morgan fingerprint density at radius 2 is 1.80 bits per heavy atom. The van der Waals surface area contributed by atoms with E-state index in [1.54, 1.807) is 24.3 Å². The van der Waals surface area contributed by atoms with Crippen LogP contribution >= 0.6 is 11.3 Å². The Kier molecular flexibility index (Phi) is 4.99. The SMILES string of the molecule is CC(=O)Oc1ccccc1-c1nc2sc(=Cc3ccc(C(C)(C)C)cc3)c(=O)n2n1. The molecule has 0 atom stereocenters. The number of carbonyl (C=O) groups excluding carboxylic acids is 1. The van der Waals surface area contributed by atoms with E-state index in [9.17, 15) is 9.59 Å². The van der Waals surface area contributed by atoms with Gasteiger partial charge in [-0.15, -0.1) is 5.10 Å². The van der Waals surface area contributed by atoms with Gasteiger partial charge in [-0.1, -0.05) is 68.5 Å². The lowest BCUT2D eigenvalue weighted by Gasteiger charge is -2.18. The van der Waals surface area contributed by atoms with Crippen molar-refractivity contribution in [3.8, 4) is 17.1 Å². The van der Waals surface area contributed by atoms with E-state index in [1.165, 1.54) is 28.3 Å². The van der Waals surface area contributed by atoms with Crippen LogP contribution in [0.1, 0.15) is 38.8 Å². The van der Waals surface area contributed by atoms with Crippen molar-refractivity contribution in [3.05, 3.63) is 74.5 Å². The molecule has 152 valence electrons. The second-order valence-corrected chi connectivity index (χ2v) is 9.02. The van der Waals surface area contributed by atoms with Gasteiger partial charge in [0.2, 0.25) is 4.96 Å². The Labute approximate surface area is 177 Å². The zero-order valence-corrected chi connectivity index (χ0v) is 18.0. The van der Waals surface area contributed by atoms with Crippen LogP contribution in [0, 0.1) is 0 Å². The highest BCUT2D eigenvalue weighted by molar-refractivity contribution is 7.15. The number of para-hydroxylation sites is 1. The van der Waals surface area contributed by atoms with E-state index in [1.807, 2.05) is 18.2 Å². The summed E-state index contributed by atoms with van der Waals surface area (Å²) < 4.78 is 7.08. The van der Waals surface area contributed by atoms with E-state index in [-0.39, 0.29) is 11.0 Å². The summed E-state index contributed by atoms with van der Waals surface area (Å²) >= 11 is 1.28. The second-order valence-electron chi connectivity index (χ2n) is 8.01. The van der Waals surface area contributed by atoms with Gasteiger partial charge in [0, 0.05) is 6.92 Å². The Balaban J connectivity index is 1.73. The summed E-state index contributed by atoms with van der Waals surface area (Å²) in [6, 6.07) is 15.2. The lowest BCUT2D eigenvalue weighted by molar-refractivity contribution is -0.131. The molecule has 2 heterocycles. The Bertz CT molecular complexity index is 1350. The first kappa shape index (κ1) is 20.0. The van der Waals surface area contributed by atoms with Gasteiger partial charge in [0.25, 0.3) is 5.56 Å². The molecule has 0 saturated carbocycles. The van der Waals surface area contributed by atoms with Gasteiger partial charge >= 0.3 is 5.97 Å². The highest BCUT2D eigenvalue weighted by atomic mass is 32.1. The van der Waals surface area contributed by atoms with Crippen LogP contribution in [0.4, 0.5) is 0 Å². The largest absolute Gasteiger partial charge is 0.426 e. The standard InChI is InChI=1S/C23H21N3O3S/c1-14(27)29-18-8-6-5-7-17(18)20-24-22-26(25-20)21(28)19(30-22)13-15-9-11-16(12-10-15)23(2,3)4/h5-13H,1-4H3. The summed E-state index contributed by atoms with van der Waals surface area (Å²) in [5.74, 6) is 0.278. The zero-order valence-electron chi connectivity index (χ0n) is 17.2. The third-order valence-corrected chi connectivity index (χ3v) is 5.60. The number of benzene rings is 2. The minimum absolute atomic E-state index is 0.0779. The minimum Gasteiger partial charge on any atom is -0.426 e. The molecular formula is C23H21N3O3S. The lowest BCUT2D eigenvalue weighted by atomic mass is 9.87. The van der Waals surface area contributed by atoms with Gasteiger partial charge in [-0.05, 0) is 34.8 Å². The van der Waals surface area contributed by atoms with E-state index >= 15 is 0 Å². The maximum Gasteiger partial charge on any atom is 0.308 e. The topological polar surface area (TPSA) is 73.6 Å². The van der Waals surface area contributed by atoms with E-state index in [0.29, 0.717) is 26.6 Å². The number of thiazole rings is 1. The molecule has 4 rings (SSSR count). The summed E-state index contributed by atoms with van der Waals surface area (Å²) in [6.45, 7) is 7.83. The number of hydrogen-bond donors (Lipinski definition) is 0. The van der Waals surface area contributed by atoms with Crippen LogP contribution in [0.5, 0.6) is 5.75 Å². The van der Waals surface area contributed by atoms with Gasteiger partial charge in [0.05, 0.1) is 10.1 Å². The van der Waals surface area contributed by atoms with Crippen LogP contribution in [0.3, 0.4) is 0 Å². The monoisotopic (exact) mass is 419 g/mol. The smallest absolute Gasteiger partial charge is 0.308 e. The van der Waals surface area contributed by atoms with Crippen LogP contribution in [-0.2, 0) is 10.2 Å². The molecule has 0 aliphatic carbocycles. The predicted octanol–water partition coefficient (Wildman–Crippen LogP) is 3.59. The van der Waals surface area contributed by atoms with Crippen molar-refractivity contribution in [2.45, 2.75) is 33.1 Å². The average Bonchev–Trinajstić information content (AvgIpc) is 3.21. The summed E-state index contributed by atoms with van der Waals surface area (Å²) in [6.07, 6.45) is 1.85. The predicted molar refractivity (Wildman–Crippen MR) is 118 cm³/mol. The molecule has 2 aromatic carbocycles. The molecule has 2 aromatic heterocycles. The maximum absolute atomic E-state index is 12.8. The molecule has 0 unspecified atom stereocenters. The fraction of sp³-hybridized carbons (Fsp3) is 0.217. The van der Waals surface area contributed by atoms with Crippen molar-refractivity contribution < 1.29 is 9.53 Å². The third kappa shape index (κ3) is 3.89. The quantitative estimate of drug-likeness (QED) is 0.375.